The summed E-state index contributed by atoms with van der Waals surface area (Å²) >= 11 is 0. The maximum atomic E-state index is 12.7. The van der Waals surface area contributed by atoms with Crippen LogP contribution in [0.3, 0.4) is 0 Å². The zero-order valence-corrected chi connectivity index (χ0v) is 11.4. The molecule has 0 aliphatic heterocycles. The average molecular weight is 252 g/mol. The highest BCUT2D eigenvalue weighted by Crippen LogP contribution is 2.40. The summed E-state index contributed by atoms with van der Waals surface area (Å²) in [6.45, 7) is 3.98. The largest absolute Gasteiger partial charge is 0.493 e. The van der Waals surface area contributed by atoms with Crippen molar-refractivity contribution in [1.29, 1.82) is 0 Å². The highest BCUT2D eigenvalue weighted by Gasteiger charge is 2.47. The van der Waals surface area contributed by atoms with Crippen molar-refractivity contribution in [3.05, 3.63) is 11.9 Å². The maximum absolute atomic E-state index is 12.7. The van der Waals surface area contributed by atoms with Gasteiger partial charge in [0.25, 0.3) is 0 Å². The van der Waals surface area contributed by atoms with E-state index in [-0.39, 0.29) is 11.8 Å². The molecule has 1 aromatic rings. The Morgan fingerprint density at radius 2 is 2.11 bits per heavy atom. The van der Waals surface area contributed by atoms with Gasteiger partial charge in [-0.15, -0.1) is 0 Å². The van der Waals surface area contributed by atoms with E-state index in [1.54, 1.807) is 25.1 Å². The standard InChI is InChI=1S/C13H20N2O3/c1-9(2)15-11(10(17-3)8-14-15)12(16)13(18-4)6-5-7-13/h8-9H,5-7H2,1-4H3. The van der Waals surface area contributed by atoms with Crippen LogP contribution in [0.25, 0.3) is 0 Å². The first-order chi connectivity index (χ1) is 8.55. The van der Waals surface area contributed by atoms with Crippen molar-refractivity contribution in [2.45, 2.75) is 44.8 Å². The van der Waals surface area contributed by atoms with Crippen molar-refractivity contribution in [3.8, 4) is 5.75 Å². The van der Waals surface area contributed by atoms with Crippen LogP contribution in [0.4, 0.5) is 0 Å². The lowest BCUT2D eigenvalue weighted by atomic mass is 9.75. The molecule has 5 heteroatoms. The number of nitrogens with zero attached hydrogens (tertiary/aromatic N) is 2. The number of ketones is 1. The number of hydrogen-bond donors (Lipinski definition) is 0. The van der Waals surface area contributed by atoms with E-state index in [1.165, 1.54) is 0 Å². The lowest BCUT2D eigenvalue weighted by Crippen LogP contribution is -2.48. The van der Waals surface area contributed by atoms with Crippen LogP contribution >= 0.6 is 0 Å². The second-order valence-electron chi connectivity index (χ2n) is 4.98. The zero-order valence-electron chi connectivity index (χ0n) is 11.4. The number of carbonyl (C=O) groups is 1. The Bertz CT molecular complexity index is 442. The number of hydrogen-bond acceptors (Lipinski definition) is 4. The zero-order chi connectivity index (χ0) is 13.3. The van der Waals surface area contributed by atoms with Crippen molar-refractivity contribution in [2.75, 3.05) is 14.2 Å². The van der Waals surface area contributed by atoms with Crippen LogP contribution in [-0.4, -0.2) is 35.4 Å². The molecule has 100 valence electrons. The predicted molar refractivity (Wildman–Crippen MR) is 67.1 cm³/mol. The van der Waals surface area contributed by atoms with Gasteiger partial charge in [-0.2, -0.15) is 5.10 Å². The lowest BCUT2D eigenvalue weighted by Gasteiger charge is -2.38. The van der Waals surface area contributed by atoms with Crippen molar-refractivity contribution in [1.82, 2.24) is 9.78 Å². The summed E-state index contributed by atoms with van der Waals surface area (Å²) in [5.74, 6) is 0.510. The molecule has 0 aromatic carbocycles. The summed E-state index contributed by atoms with van der Waals surface area (Å²) in [6.07, 6.45) is 4.16. The molecule has 1 aliphatic carbocycles. The molecule has 1 aliphatic rings. The minimum Gasteiger partial charge on any atom is -0.493 e. The first kappa shape index (κ1) is 13.1. The second kappa shape index (κ2) is 4.72. The number of Topliss-reactive ketones (excluding diaryl/α,β-unsaturated/α-hetero) is 1. The van der Waals surface area contributed by atoms with E-state index < -0.39 is 5.60 Å². The SMILES string of the molecule is COc1cnn(C(C)C)c1C(=O)C1(OC)CCC1. The summed E-state index contributed by atoms with van der Waals surface area (Å²) in [5, 5.41) is 4.23. The third-order valence-corrected chi connectivity index (χ3v) is 3.65. The van der Waals surface area contributed by atoms with Gasteiger partial charge in [-0.3, -0.25) is 9.48 Å². The summed E-state index contributed by atoms with van der Waals surface area (Å²) in [5.41, 5.74) is -0.144. The second-order valence-corrected chi connectivity index (χ2v) is 4.98. The number of aromatic nitrogens is 2. The fourth-order valence-corrected chi connectivity index (χ4v) is 2.34. The van der Waals surface area contributed by atoms with Crippen LogP contribution in [0.15, 0.2) is 6.20 Å². The van der Waals surface area contributed by atoms with Crippen LogP contribution in [0.1, 0.15) is 49.6 Å². The van der Waals surface area contributed by atoms with E-state index in [1.807, 2.05) is 13.8 Å². The fourth-order valence-electron chi connectivity index (χ4n) is 2.34. The van der Waals surface area contributed by atoms with Crippen LogP contribution < -0.4 is 4.74 Å². The minimum absolute atomic E-state index is 0.0145. The lowest BCUT2D eigenvalue weighted by molar-refractivity contribution is -0.0457. The topological polar surface area (TPSA) is 53.4 Å². The van der Waals surface area contributed by atoms with E-state index in [2.05, 4.69) is 5.10 Å². The Balaban J connectivity index is 2.42. The highest BCUT2D eigenvalue weighted by molar-refractivity contribution is 6.03. The molecule has 0 bridgehead atoms. The van der Waals surface area contributed by atoms with Crippen molar-refractivity contribution in [3.63, 3.8) is 0 Å². The van der Waals surface area contributed by atoms with Gasteiger partial charge in [-0.05, 0) is 33.1 Å². The molecule has 0 saturated heterocycles. The van der Waals surface area contributed by atoms with Gasteiger partial charge in [0.1, 0.15) is 11.3 Å². The molecule has 0 radical (unpaired) electrons. The fraction of sp³-hybridized carbons (Fsp3) is 0.692. The highest BCUT2D eigenvalue weighted by atomic mass is 16.5. The van der Waals surface area contributed by atoms with Gasteiger partial charge in [-0.25, -0.2) is 0 Å². The number of methoxy groups -OCH3 is 2. The Labute approximate surface area is 107 Å². The van der Waals surface area contributed by atoms with Gasteiger partial charge in [0.05, 0.1) is 13.3 Å². The van der Waals surface area contributed by atoms with Crippen molar-refractivity contribution in [2.24, 2.45) is 0 Å². The first-order valence-electron chi connectivity index (χ1n) is 6.27. The quantitative estimate of drug-likeness (QED) is 0.754. The van der Waals surface area contributed by atoms with E-state index in [9.17, 15) is 4.79 Å². The molecule has 1 saturated carbocycles. The van der Waals surface area contributed by atoms with Crippen molar-refractivity contribution >= 4 is 5.78 Å². The van der Waals surface area contributed by atoms with E-state index in [0.717, 1.165) is 19.3 Å². The molecule has 18 heavy (non-hydrogen) atoms. The molecule has 2 rings (SSSR count). The summed E-state index contributed by atoms with van der Waals surface area (Å²) < 4.78 is 12.4. The van der Waals surface area contributed by atoms with E-state index in [4.69, 9.17) is 9.47 Å². The van der Waals surface area contributed by atoms with Gasteiger partial charge in [0.2, 0.25) is 5.78 Å². The molecule has 0 N–H and O–H groups in total. The van der Waals surface area contributed by atoms with Crippen LogP contribution in [0, 0.1) is 0 Å². The monoisotopic (exact) mass is 252 g/mol. The summed E-state index contributed by atoms with van der Waals surface area (Å²) in [6, 6.07) is 0.113. The molecule has 1 aromatic heterocycles. The van der Waals surface area contributed by atoms with E-state index in [0.29, 0.717) is 11.4 Å². The molecular formula is C13H20N2O3. The molecule has 0 unspecified atom stereocenters. The molecule has 1 fully saturated rings. The molecular weight excluding hydrogens is 232 g/mol. The number of rotatable bonds is 5. The Morgan fingerprint density at radius 3 is 2.50 bits per heavy atom. The normalized spacial score (nSPS) is 17.6. The Kier molecular flexibility index (Phi) is 3.43. The Hall–Kier alpha value is -1.36. The van der Waals surface area contributed by atoms with Gasteiger partial charge in [0.15, 0.2) is 5.75 Å². The summed E-state index contributed by atoms with van der Waals surface area (Å²) in [4.78, 5) is 12.7. The average Bonchev–Trinajstić information content (AvgIpc) is 2.71. The predicted octanol–water partition coefficient (Wildman–Crippen LogP) is 2.22. The van der Waals surface area contributed by atoms with Crippen LogP contribution in [-0.2, 0) is 4.74 Å². The van der Waals surface area contributed by atoms with Gasteiger partial charge in [-0.1, -0.05) is 0 Å². The van der Waals surface area contributed by atoms with Crippen LogP contribution in [0.2, 0.25) is 0 Å². The molecule has 5 nitrogen and oxygen atoms in total. The molecule has 0 atom stereocenters. The third kappa shape index (κ3) is 1.82. The van der Waals surface area contributed by atoms with Gasteiger partial charge in [0, 0.05) is 13.2 Å². The number of carbonyl (C=O) groups excluding carboxylic acids is 1. The molecule has 0 spiro atoms. The Morgan fingerprint density at radius 1 is 1.44 bits per heavy atom. The van der Waals surface area contributed by atoms with E-state index >= 15 is 0 Å². The smallest absolute Gasteiger partial charge is 0.216 e. The van der Waals surface area contributed by atoms with Crippen LogP contribution in [0.5, 0.6) is 5.75 Å². The van der Waals surface area contributed by atoms with Gasteiger partial charge < -0.3 is 9.47 Å². The third-order valence-electron chi connectivity index (χ3n) is 3.65. The maximum Gasteiger partial charge on any atom is 0.216 e. The molecule has 1 heterocycles. The first-order valence-corrected chi connectivity index (χ1v) is 6.27. The van der Waals surface area contributed by atoms with Crippen molar-refractivity contribution < 1.29 is 14.3 Å². The van der Waals surface area contributed by atoms with Gasteiger partial charge >= 0.3 is 0 Å². The minimum atomic E-state index is -0.667. The molecule has 0 amide bonds. The number of ether oxygens (including phenoxy) is 2. The summed E-state index contributed by atoms with van der Waals surface area (Å²) in [7, 11) is 3.15.